The molecular weight excluding hydrogens is 444 g/mol. The number of para-hydroxylation sites is 1. The van der Waals surface area contributed by atoms with Crippen molar-refractivity contribution in [2.75, 3.05) is 17.6 Å². The number of sulfonamides is 1. The van der Waals surface area contributed by atoms with Gasteiger partial charge in [-0.1, -0.05) is 35.5 Å². The molecule has 0 saturated heterocycles. The highest BCUT2D eigenvalue weighted by Gasteiger charge is 2.20. The number of benzene rings is 2. The van der Waals surface area contributed by atoms with E-state index in [2.05, 4.69) is 15.0 Å². The quantitative estimate of drug-likeness (QED) is 0.601. The molecular formula is C20H19ClN4O3S2. The van der Waals surface area contributed by atoms with E-state index in [-0.39, 0.29) is 10.8 Å². The van der Waals surface area contributed by atoms with E-state index in [0.29, 0.717) is 22.4 Å². The fraction of sp³-hybridized carbons (Fsp3) is 0.200. The minimum Gasteiger partial charge on any atom is -0.334 e. The second-order valence-electron chi connectivity index (χ2n) is 6.73. The van der Waals surface area contributed by atoms with E-state index in [9.17, 15) is 13.2 Å². The lowest BCUT2D eigenvalue weighted by atomic mass is 10.2. The number of carbonyl (C=O) groups is 1. The van der Waals surface area contributed by atoms with Crippen molar-refractivity contribution in [3.8, 4) is 0 Å². The van der Waals surface area contributed by atoms with Crippen molar-refractivity contribution in [3.63, 3.8) is 0 Å². The van der Waals surface area contributed by atoms with Gasteiger partial charge in [0.1, 0.15) is 6.04 Å². The van der Waals surface area contributed by atoms with Crippen molar-refractivity contribution < 1.29 is 13.2 Å². The maximum Gasteiger partial charge on any atom is 0.263 e. The molecule has 1 unspecified atom stereocenters. The van der Waals surface area contributed by atoms with E-state index in [0.717, 1.165) is 16.7 Å². The molecule has 30 heavy (non-hydrogen) atoms. The van der Waals surface area contributed by atoms with Crippen LogP contribution in [0, 0.1) is 0 Å². The predicted octanol–water partition coefficient (Wildman–Crippen LogP) is 3.88. The van der Waals surface area contributed by atoms with Crippen molar-refractivity contribution >= 4 is 61.1 Å². The summed E-state index contributed by atoms with van der Waals surface area (Å²) in [5.41, 5.74) is 1.29. The zero-order chi connectivity index (χ0) is 21.3. The van der Waals surface area contributed by atoms with E-state index in [1.165, 1.54) is 23.9 Å². The monoisotopic (exact) mass is 462 g/mol. The second kappa shape index (κ2) is 8.33. The number of thioether (sulfide) groups is 1. The number of aliphatic imine (C=N–C) groups is 1. The van der Waals surface area contributed by atoms with Gasteiger partial charge in [-0.05, 0) is 43.3 Å². The van der Waals surface area contributed by atoms with Crippen molar-refractivity contribution in [3.05, 3.63) is 59.8 Å². The lowest BCUT2D eigenvalue weighted by Crippen LogP contribution is -2.27. The van der Waals surface area contributed by atoms with Crippen LogP contribution in [0.25, 0.3) is 10.9 Å². The van der Waals surface area contributed by atoms with Crippen LogP contribution in [-0.4, -0.2) is 36.4 Å². The number of rotatable bonds is 5. The van der Waals surface area contributed by atoms with Gasteiger partial charge in [0.25, 0.3) is 10.0 Å². The van der Waals surface area contributed by atoms with Crippen LogP contribution >= 0.6 is 23.4 Å². The molecule has 1 aliphatic rings. The van der Waals surface area contributed by atoms with Crippen LogP contribution in [0.3, 0.4) is 0 Å². The fourth-order valence-electron chi connectivity index (χ4n) is 3.16. The highest BCUT2D eigenvalue weighted by molar-refractivity contribution is 8.15. The molecule has 3 aromatic rings. The highest BCUT2D eigenvalue weighted by atomic mass is 35.5. The van der Waals surface area contributed by atoms with E-state index in [1.54, 1.807) is 25.1 Å². The highest BCUT2D eigenvalue weighted by Crippen LogP contribution is 2.28. The zero-order valence-corrected chi connectivity index (χ0v) is 18.4. The summed E-state index contributed by atoms with van der Waals surface area (Å²) >= 11 is 7.68. The molecule has 10 heteroatoms. The van der Waals surface area contributed by atoms with Gasteiger partial charge in [-0.25, -0.2) is 8.42 Å². The molecule has 0 aliphatic carbocycles. The summed E-state index contributed by atoms with van der Waals surface area (Å²) in [5.74, 6) is 0.529. The summed E-state index contributed by atoms with van der Waals surface area (Å²) in [6.45, 7) is 2.38. The molecule has 2 N–H and O–H groups in total. The van der Waals surface area contributed by atoms with Crippen LogP contribution in [0.1, 0.15) is 13.0 Å². The van der Waals surface area contributed by atoms with E-state index in [4.69, 9.17) is 11.6 Å². The zero-order valence-electron chi connectivity index (χ0n) is 16.0. The predicted molar refractivity (Wildman–Crippen MR) is 122 cm³/mol. The largest absolute Gasteiger partial charge is 0.334 e. The Kier molecular flexibility index (Phi) is 5.77. The Morgan fingerprint density at radius 2 is 1.97 bits per heavy atom. The number of amidine groups is 1. The third-order valence-electron chi connectivity index (χ3n) is 4.73. The van der Waals surface area contributed by atoms with Crippen LogP contribution in [0.5, 0.6) is 0 Å². The van der Waals surface area contributed by atoms with Gasteiger partial charge in [0.2, 0.25) is 5.91 Å². The molecule has 0 spiro atoms. The lowest BCUT2D eigenvalue weighted by molar-refractivity contribution is -0.118. The lowest BCUT2D eigenvalue weighted by Gasteiger charge is -2.16. The first-order valence-electron chi connectivity index (χ1n) is 9.21. The van der Waals surface area contributed by atoms with Gasteiger partial charge in [-0.3, -0.25) is 14.5 Å². The van der Waals surface area contributed by atoms with Crippen molar-refractivity contribution in [1.29, 1.82) is 0 Å². The number of carbonyl (C=O) groups excluding carboxylic acids is 1. The van der Waals surface area contributed by atoms with Crippen LogP contribution in [0.2, 0.25) is 5.02 Å². The number of fused-ring (bicyclic) bond motifs is 1. The number of anilines is 1. The molecule has 1 atom stereocenters. The Balaban J connectivity index is 1.48. The number of amides is 1. The van der Waals surface area contributed by atoms with E-state index < -0.39 is 16.1 Å². The number of nitrogens with one attached hydrogen (secondary N) is 2. The molecule has 4 rings (SSSR count). The van der Waals surface area contributed by atoms with E-state index in [1.807, 2.05) is 29.0 Å². The maximum absolute atomic E-state index is 12.8. The normalized spacial score (nSPS) is 15.1. The summed E-state index contributed by atoms with van der Waals surface area (Å²) < 4.78 is 29.2. The molecule has 0 saturated carbocycles. The molecule has 0 fully saturated rings. The standard InChI is InChI=1S/C20H19ClN4O3S2/c1-13(25-11-9-14-3-2-4-17(21)18(14)25)19(26)23-15-5-7-16(8-6-15)30(27,28)24-20-22-10-12-29-20/h2-9,11,13H,10,12H2,1H3,(H,22,24)(H,23,26). The molecule has 2 aromatic carbocycles. The molecule has 156 valence electrons. The Morgan fingerprint density at radius 1 is 1.20 bits per heavy atom. The molecule has 7 nitrogen and oxygen atoms in total. The van der Waals surface area contributed by atoms with Crippen molar-refractivity contribution in [1.82, 2.24) is 9.29 Å². The topological polar surface area (TPSA) is 92.6 Å². The number of nitrogens with zero attached hydrogens (tertiary/aromatic N) is 2. The summed E-state index contributed by atoms with van der Waals surface area (Å²) in [6, 6.07) is 13.0. The van der Waals surface area contributed by atoms with Crippen molar-refractivity contribution in [2.24, 2.45) is 4.99 Å². The molecule has 1 aromatic heterocycles. The smallest absolute Gasteiger partial charge is 0.263 e. The fourth-order valence-corrected chi connectivity index (χ4v) is 5.47. The van der Waals surface area contributed by atoms with Crippen LogP contribution < -0.4 is 10.0 Å². The summed E-state index contributed by atoms with van der Waals surface area (Å²) in [7, 11) is -3.70. The minimum absolute atomic E-state index is 0.104. The third kappa shape index (κ3) is 4.19. The molecule has 0 bridgehead atoms. The summed E-state index contributed by atoms with van der Waals surface area (Å²) in [5, 5.41) is 4.75. The van der Waals surface area contributed by atoms with Crippen LogP contribution in [0.15, 0.2) is 64.6 Å². The maximum atomic E-state index is 12.8. The molecule has 1 amide bonds. The van der Waals surface area contributed by atoms with Gasteiger partial charge in [0, 0.05) is 23.0 Å². The number of halogens is 1. The van der Waals surface area contributed by atoms with Crippen LogP contribution in [-0.2, 0) is 14.8 Å². The first-order chi connectivity index (χ1) is 14.3. The molecule has 0 radical (unpaired) electrons. The SMILES string of the molecule is CC(C(=O)Nc1ccc(S(=O)(=O)NC2=NCCS2)cc1)n1ccc2cccc(Cl)c21. The number of aromatic nitrogens is 1. The summed E-state index contributed by atoms with van der Waals surface area (Å²) in [4.78, 5) is 17.0. The van der Waals surface area contributed by atoms with Gasteiger partial charge < -0.3 is 9.88 Å². The molecule has 1 aliphatic heterocycles. The first kappa shape index (κ1) is 20.8. The number of hydrogen-bond acceptors (Lipinski definition) is 5. The van der Waals surface area contributed by atoms with Crippen molar-refractivity contribution in [2.45, 2.75) is 17.9 Å². The Hall–Kier alpha value is -2.49. The summed E-state index contributed by atoms with van der Waals surface area (Å²) in [6.07, 6.45) is 1.83. The average Bonchev–Trinajstić information content (AvgIpc) is 3.38. The van der Waals surface area contributed by atoms with E-state index >= 15 is 0 Å². The first-order valence-corrected chi connectivity index (χ1v) is 12.1. The van der Waals surface area contributed by atoms with Gasteiger partial charge in [-0.15, -0.1) is 0 Å². The minimum atomic E-state index is -3.70. The van der Waals surface area contributed by atoms with Gasteiger partial charge in [0.15, 0.2) is 5.17 Å². The second-order valence-corrected chi connectivity index (χ2v) is 9.90. The number of hydrogen-bond donors (Lipinski definition) is 2. The molecule has 2 heterocycles. The van der Waals surface area contributed by atoms with Gasteiger partial charge in [0.05, 0.1) is 22.0 Å². The van der Waals surface area contributed by atoms with Crippen LogP contribution in [0.4, 0.5) is 5.69 Å². The van der Waals surface area contributed by atoms with Gasteiger partial charge >= 0.3 is 0 Å². The Morgan fingerprint density at radius 3 is 2.67 bits per heavy atom. The Labute approximate surface area is 183 Å². The average molecular weight is 463 g/mol. The van der Waals surface area contributed by atoms with Gasteiger partial charge in [-0.2, -0.15) is 0 Å². The third-order valence-corrected chi connectivity index (χ3v) is 7.41. The Bertz CT molecular complexity index is 1240.